The van der Waals surface area contributed by atoms with Gasteiger partial charge in [-0.15, -0.1) is 17.5 Å². The van der Waals surface area contributed by atoms with Crippen molar-refractivity contribution in [1.82, 2.24) is 25.1 Å². The lowest BCUT2D eigenvalue weighted by molar-refractivity contribution is -0.137. The van der Waals surface area contributed by atoms with Crippen molar-refractivity contribution in [3.63, 3.8) is 0 Å². The Labute approximate surface area is 175 Å². The van der Waals surface area contributed by atoms with Crippen molar-refractivity contribution in [2.24, 2.45) is 5.92 Å². The van der Waals surface area contributed by atoms with Crippen LogP contribution in [0.5, 0.6) is 0 Å². The molecule has 2 heterocycles. The summed E-state index contributed by atoms with van der Waals surface area (Å²) in [6.07, 6.45) is 2.11. The Balaban J connectivity index is 0.00000240. The zero-order valence-corrected chi connectivity index (χ0v) is 17.3. The maximum atomic E-state index is 13.3. The highest BCUT2D eigenvalue weighted by Gasteiger charge is 2.35. The fourth-order valence-corrected chi connectivity index (χ4v) is 4.66. The van der Waals surface area contributed by atoms with E-state index in [0.29, 0.717) is 17.3 Å². The number of hydrogen-bond acceptors (Lipinski definition) is 4. The molecule has 2 aliphatic rings. The lowest BCUT2D eigenvalue weighted by Crippen LogP contribution is -2.39. The van der Waals surface area contributed by atoms with Gasteiger partial charge in [-0.2, -0.15) is 13.2 Å². The number of benzene rings is 1. The number of hydrogen-bond donors (Lipinski definition) is 0. The summed E-state index contributed by atoms with van der Waals surface area (Å²) in [6, 6.07) is 5.52. The Kier molecular flexibility index (Phi) is 6.83. The van der Waals surface area contributed by atoms with E-state index in [1.807, 2.05) is 4.68 Å². The summed E-state index contributed by atoms with van der Waals surface area (Å²) in [5, 5.41) is 12.5. The monoisotopic (exact) mass is 429 g/mol. The molecule has 29 heavy (non-hydrogen) atoms. The van der Waals surface area contributed by atoms with Gasteiger partial charge in [-0.1, -0.05) is 31.9 Å². The minimum atomic E-state index is -4.37. The number of nitrogens with zero attached hydrogens (tertiary/aromatic N) is 5. The topological polar surface area (TPSA) is 46.8 Å². The van der Waals surface area contributed by atoms with E-state index in [1.54, 1.807) is 6.07 Å². The molecular formula is C20H27ClF3N5. The third kappa shape index (κ3) is 4.74. The molecule has 0 radical (unpaired) electrons. The van der Waals surface area contributed by atoms with Gasteiger partial charge in [0.15, 0.2) is 5.82 Å². The van der Waals surface area contributed by atoms with Crippen LogP contribution in [0.2, 0.25) is 0 Å². The highest BCUT2D eigenvalue weighted by Crippen LogP contribution is 2.37. The number of piperidine rings is 1. The maximum absolute atomic E-state index is 13.3. The molecule has 1 saturated heterocycles. The van der Waals surface area contributed by atoms with Gasteiger partial charge in [0.2, 0.25) is 0 Å². The Hall–Kier alpha value is -1.67. The van der Waals surface area contributed by atoms with E-state index in [1.165, 1.54) is 12.1 Å². The molecule has 0 spiro atoms. The standard InChI is InChI=1S/C20H26F3N5.ClH/c1-14-6-5-11-27(13-14)18(15-7-4-8-16(12-15)20(21,22)23)19-24-25-26-28(19)17-9-2-3-10-17;/h4,7-8,12,14,17-18H,2-3,5-6,9-11,13H2,1H3;1H. The highest BCUT2D eigenvalue weighted by atomic mass is 35.5. The first-order chi connectivity index (χ1) is 13.4. The van der Waals surface area contributed by atoms with Crippen LogP contribution in [0.4, 0.5) is 13.2 Å². The van der Waals surface area contributed by atoms with Gasteiger partial charge in [0.1, 0.15) is 0 Å². The molecule has 2 aromatic rings. The van der Waals surface area contributed by atoms with Gasteiger partial charge in [0, 0.05) is 6.54 Å². The van der Waals surface area contributed by atoms with E-state index in [9.17, 15) is 13.2 Å². The largest absolute Gasteiger partial charge is 0.416 e. The molecule has 0 bridgehead atoms. The van der Waals surface area contributed by atoms with Crippen LogP contribution in [-0.2, 0) is 6.18 Å². The van der Waals surface area contributed by atoms with Crippen molar-refractivity contribution in [2.45, 2.75) is 63.7 Å². The predicted octanol–water partition coefficient (Wildman–Crippen LogP) is 5.05. The molecule has 1 aliphatic heterocycles. The van der Waals surface area contributed by atoms with Crippen LogP contribution in [0.1, 0.15) is 74.5 Å². The molecule has 2 fully saturated rings. The molecule has 4 rings (SSSR count). The normalized spacial score (nSPS) is 22.4. The minimum Gasteiger partial charge on any atom is -0.289 e. The molecule has 5 nitrogen and oxygen atoms in total. The summed E-state index contributed by atoms with van der Waals surface area (Å²) >= 11 is 0. The summed E-state index contributed by atoms with van der Waals surface area (Å²) in [7, 11) is 0. The maximum Gasteiger partial charge on any atom is 0.416 e. The molecule has 1 aromatic carbocycles. The van der Waals surface area contributed by atoms with Crippen molar-refractivity contribution >= 4 is 12.4 Å². The summed E-state index contributed by atoms with van der Waals surface area (Å²) in [6.45, 7) is 3.86. The third-order valence-electron chi connectivity index (χ3n) is 6.02. The number of tetrazole rings is 1. The van der Waals surface area contributed by atoms with E-state index in [2.05, 4.69) is 27.3 Å². The van der Waals surface area contributed by atoms with Crippen LogP contribution < -0.4 is 0 Å². The quantitative estimate of drug-likeness (QED) is 0.682. The lowest BCUT2D eigenvalue weighted by atomic mass is 9.94. The zero-order chi connectivity index (χ0) is 19.7. The van der Waals surface area contributed by atoms with Gasteiger partial charge in [0.05, 0.1) is 17.6 Å². The molecule has 1 saturated carbocycles. The van der Waals surface area contributed by atoms with Gasteiger partial charge >= 0.3 is 6.18 Å². The summed E-state index contributed by atoms with van der Waals surface area (Å²) in [5.41, 5.74) is -0.0158. The third-order valence-corrected chi connectivity index (χ3v) is 6.02. The molecular weight excluding hydrogens is 403 g/mol. The van der Waals surface area contributed by atoms with E-state index in [4.69, 9.17) is 0 Å². The van der Waals surface area contributed by atoms with Gasteiger partial charge in [-0.3, -0.25) is 4.90 Å². The van der Waals surface area contributed by atoms with Crippen LogP contribution in [0, 0.1) is 5.92 Å². The molecule has 9 heteroatoms. The molecule has 0 N–H and O–H groups in total. The second-order valence-electron chi connectivity index (χ2n) is 8.19. The van der Waals surface area contributed by atoms with Crippen molar-refractivity contribution in [1.29, 1.82) is 0 Å². The minimum absolute atomic E-state index is 0. The van der Waals surface area contributed by atoms with E-state index >= 15 is 0 Å². The van der Waals surface area contributed by atoms with Crippen LogP contribution in [0.3, 0.4) is 0 Å². The van der Waals surface area contributed by atoms with Crippen LogP contribution in [0.15, 0.2) is 24.3 Å². The van der Waals surface area contributed by atoms with Crippen LogP contribution in [0.25, 0.3) is 0 Å². The molecule has 1 aliphatic carbocycles. The van der Waals surface area contributed by atoms with Gasteiger partial charge in [-0.05, 0) is 66.3 Å². The SMILES string of the molecule is CC1CCCN(C(c2cccc(C(F)(F)F)c2)c2nnnn2C2CCCC2)C1.Cl. The number of rotatable bonds is 4. The Morgan fingerprint density at radius 1 is 1.10 bits per heavy atom. The highest BCUT2D eigenvalue weighted by molar-refractivity contribution is 5.85. The molecule has 160 valence electrons. The Bertz CT molecular complexity index is 803. The Morgan fingerprint density at radius 3 is 2.55 bits per heavy atom. The number of likely N-dealkylation sites (tertiary alicyclic amines) is 1. The second-order valence-corrected chi connectivity index (χ2v) is 8.19. The molecule has 2 atom stereocenters. The van der Waals surface area contributed by atoms with Gasteiger partial charge in [0.25, 0.3) is 0 Å². The first-order valence-corrected chi connectivity index (χ1v) is 10.1. The first kappa shape index (κ1) is 22.0. The summed E-state index contributed by atoms with van der Waals surface area (Å²) in [5.74, 6) is 1.16. The summed E-state index contributed by atoms with van der Waals surface area (Å²) < 4.78 is 41.9. The fourth-order valence-electron chi connectivity index (χ4n) is 4.66. The average Bonchev–Trinajstić information content (AvgIpc) is 3.33. The average molecular weight is 430 g/mol. The number of alkyl halides is 3. The van der Waals surface area contributed by atoms with Crippen molar-refractivity contribution in [2.75, 3.05) is 13.1 Å². The van der Waals surface area contributed by atoms with Crippen molar-refractivity contribution in [3.05, 3.63) is 41.2 Å². The van der Waals surface area contributed by atoms with Gasteiger partial charge in [-0.25, -0.2) is 4.68 Å². The number of aromatic nitrogens is 4. The first-order valence-electron chi connectivity index (χ1n) is 10.1. The van der Waals surface area contributed by atoms with Crippen LogP contribution in [-0.4, -0.2) is 38.2 Å². The lowest BCUT2D eigenvalue weighted by Gasteiger charge is -2.37. The summed E-state index contributed by atoms with van der Waals surface area (Å²) in [4.78, 5) is 2.25. The Morgan fingerprint density at radius 2 is 1.86 bits per heavy atom. The van der Waals surface area contributed by atoms with Crippen molar-refractivity contribution < 1.29 is 13.2 Å². The second kappa shape index (κ2) is 9.00. The molecule has 0 amide bonds. The number of halogens is 4. The predicted molar refractivity (Wildman–Crippen MR) is 106 cm³/mol. The van der Waals surface area contributed by atoms with E-state index in [0.717, 1.165) is 57.7 Å². The van der Waals surface area contributed by atoms with E-state index < -0.39 is 11.7 Å². The molecule has 1 aromatic heterocycles. The van der Waals surface area contributed by atoms with Gasteiger partial charge < -0.3 is 0 Å². The zero-order valence-electron chi connectivity index (χ0n) is 16.5. The molecule has 2 unspecified atom stereocenters. The smallest absolute Gasteiger partial charge is 0.289 e. The van der Waals surface area contributed by atoms with Crippen LogP contribution >= 0.6 is 12.4 Å². The van der Waals surface area contributed by atoms with Crippen molar-refractivity contribution in [3.8, 4) is 0 Å². The fraction of sp³-hybridized carbons (Fsp3) is 0.650. The van der Waals surface area contributed by atoms with E-state index in [-0.39, 0.29) is 24.5 Å².